The summed E-state index contributed by atoms with van der Waals surface area (Å²) in [6.45, 7) is 6.67. The number of hydrogen-bond donors (Lipinski definition) is 0. The normalized spacial score (nSPS) is 15.5. The molecule has 1 aliphatic carbocycles. The van der Waals surface area contributed by atoms with Crippen molar-refractivity contribution in [3.05, 3.63) is 23.1 Å². The van der Waals surface area contributed by atoms with Gasteiger partial charge in [-0.05, 0) is 23.3 Å². The molecular weight excluding hydrogens is 316 g/mol. The van der Waals surface area contributed by atoms with E-state index in [-0.39, 0.29) is 5.41 Å². The van der Waals surface area contributed by atoms with Crippen LogP contribution in [-0.2, 0) is 12.0 Å². The molecule has 0 atom stereocenters. The quantitative estimate of drug-likeness (QED) is 0.683. The fraction of sp³-hybridized carbons (Fsp3) is 0.571. The van der Waals surface area contributed by atoms with Crippen molar-refractivity contribution in [2.75, 3.05) is 0 Å². The first-order valence-corrected chi connectivity index (χ1v) is 7.97. The van der Waals surface area contributed by atoms with Gasteiger partial charge in [-0.2, -0.15) is 0 Å². The molecule has 0 unspecified atom stereocenters. The number of fused-ring (bicyclic) bond motifs is 1. The van der Waals surface area contributed by atoms with E-state index in [9.17, 15) is 0 Å². The van der Waals surface area contributed by atoms with Crippen LogP contribution >= 0.6 is 11.6 Å². The van der Waals surface area contributed by atoms with E-state index in [1.807, 2.05) is 9.25 Å². The van der Waals surface area contributed by atoms with Crippen LogP contribution in [0.25, 0.3) is 11.2 Å². The van der Waals surface area contributed by atoms with Crippen LogP contribution < -0.4 is 0 Å². The Morgan fingerprint density at radius 1 is 1.26 bits per heavy atom. The lowest BCUT2D eigenvalue weighted by molar-refractivity contribution is 0.545. The van der Waals surface area contributed by atoms with Crippen molar-refractivity contribution in [3.63, 3.8) is 0 Å². The first kappa shape index (κ1) is 14.5. The van der Waals surface area contributed by atoms with E-state index in [1.54, 1.807) is 6.33 Å². The van der Waals surface area contributed by atoms with Gasteiger partial charge < -0.3 is 4.57 Å². The molecule has 1 fully saturated rings. The first-order chi connectivity index (χ1) is 10.9. The van der Waals surface area contributed by atoms with Gasteiger partial charge in [0.15, 0.2) is 16.6 Å². The van der Waals surface area contributed by atoms with Crippen LogP contribution in [0.15, 0.2) is 6.33 Å². The summed E-state index contributed by atoms with van der Waals surface area (Å²) >= 11 is 6.28. The maximum absolute atomic E-state index is 6.28. The fourth-order valence-electron chi connectivity index (χ4n) is 2.43. The van der Waals surface area contributed by atoms with Gasteiger partial charge in [0.25, 0.3) is 0 Å². The second kappa shape index (κ2) is 4.95. The number of rotatable bonds is 3. The van der Waals surface area contributed by atoms with Gasteiger partial charge >= 0.3 is 0 Å². The maximum atomic E-state index is 6.28. The predicted molar refractivity (Wildman–Crippen MR) is 84.2 cm³/mol. The second-order valence-corrected chi connectivity index (χ2v) is 7.26. The summed E-state index contributed by atoms with van der Waals surface area (Å²) < 4.78 is 3.81. The number of nitrogens with zero attached hydrogens (tertiary/aromatic N) is 8. The number of hydrogen-bond acceptors (Lipinski definition) is 6. The highest BCUT2D eigenvalue weighted by Crippen LogP contribution is 2.34. The largest absolute Gasteiger partial charge is 0.307 e. The summed E-state index contributed by atoms with van der Waals surface area (Å²) in [6.07, 6.45) is 3.97. The van der Waals surface area contributed by atoms with Gasteiger partial charge in [-0.3, -0.25) is 0 Å². The zero-order valence-electron chi connectivity index (χ0n) is 13.2. The van der Waals surface area contributed by atoms with Crippen LogP contribution in [0.4, 0.5) is 0 Å². The molecule has 1 aliphatic rings. The van der Waals surface area contributed by atoms with E-state index in [2.05, 4.69) is 51.2 Å². The predicted octanol–water partition coefficient (Wildman–Crippen LogP) is 2.15. The Labute approximate surface area is 137 Å². The molecule has 3 aromatic heterocycles. The van der Waals surface area contributed by atoms with E-state index in [0.717, 1.165) is 18.7 Å². The van der Waals surface area contributed by atoms with Gasteiger partial charge in [-0.1, -0.05) is 32.4 Å². The molecule has 3 aromatic rings. The van der Waals surface area contributed by atoms with E-state index in [0.29, 0.717) is 34.7 Å². The zero-order valence-corrected chi connectivity index (χ0v) is 14.0. The minimum Gasteiger partial charge on any atom is -0.307 e. The van der Waals surface area contributed by atoms with Crippen LogP contribution in [0, 0.1) is 0 Å². The lowest BCUT2D eigenvalue weighted by Crippen LogP contribution is -2.17. The zero-order chi connectivity index (χ0) is 16.2. The maximum Gasteiger partial charge on any atom is 0.171 e. The number of imidazole rings is 1. The Balaban J connectivity index is 1.78. The van der Waals surface area contributed by atoms with Crippen molar-refractivity contribution in [2.24, 2.45) is 0 Å². The highest BCUT2D eigenvalue weighted by atomic mass is 35.5. The molecular formula is C14H17ClN8. The SMILES string of the molecule is CC(C)(C)c1nc(Cl)c2ncn(Cc3nnnn3C3CC3)c2n1. The Bertz CT molecular complexity index is 871. The third-order valence-corrected chi connectivity index (χ3v) is 4.12. The Kier molecular flexibility index (Phi) is 3.12. The molecule has 0 saturated heterocycles. The van der Waals surface area contributed by atoms with Gasteiger partial charge in [0, 0.05) is 5.41 Å². The molecule has 0 spiro atoms. The average Bonchev–Trinajstić information content (AvgIpc) is 3.08. The minimum absolute atomic E-state index is 0.192. The summed E-state index contributed by atoms with van der Waals surface area (Å²) in [5, 5.41) is 12.4. The minimum atomic E-state index is -0.192. The standard InChI is InChI=1S/C14H17ClN8/c1-14(2,3)13-17-11(15)10-12(18-13)22(7-16-10)6-9-19-20-21-23(9)8-4-5-8/h7-8H,4-6H2,1-3H3. The molecule has 0 bridgehead atoms. The molecule has 0 radical (unpaired) electrons. The summed E-state index contributed by atoms with van der Waals surface area (Å²) in [6, 6.07) is 0.429. The Morgan fingerprint density at radius 2 is 2.04 bits per heavy atom. The van der Waals surface area contributed by atoms with Gasteiger partial charge in [0.05, 0.1) is 18.9 Å². The van der Waals surface area contributed by atoms with E-state index >= 15 is 0 Å². The molecule has 0 aliphatic heterocycles. The number of tetrazole rings is 1. The van der Waals surface area contributed by atoms with E-state index < -0.39 is 0 Å². The van der Waals surface area contributed by atoms with Crippen LogP contribution in [0.1, 0.15) is 51.3 Å². The smallest absolute Gasteiger partial charge is 0.171 e. The summed E-state index contributed by atoms with van der Waals surface area (Å²) in [7, 11) is 0. The highest BCUT2D eigenvalue weighted by molar-refractivity contribution is 6.33. The third-order valence-electron chi connectivity index (χ3n) is 3.86. The van der Waals surface area contributed by atoms with Crippen LogP contribution in [-0.4, -0.2) is 39.7 Å². The molecule has 1 saturated carbocycles. The molecule has 0 N–H and O–H groups in total. The van der Waals surface area contributed by atoms with Crippen molar-refractivity contribution in [1.29, 1.82) is 0 Å². The number of aromatic nitrogens is 8. The summed E-state index contributed by atoms with van der Waals surface area (Å²) in [5.74, 6) is 1.50. The Hall–Kier alpha value is -2.09. The van der Waals surface area contributed by atoms with Gasteiger partial charge in [0.1, 0.15) is 11.3 Å². The van der Waals surface area contributed by atoms with Crippen molar-refractivity contribution < 1.29 is 0 Å². The average molecular weight is 333 g/mol. The fourth-order valence-corrected chi connectivity index (χ4v) is 2.65. The topological polar surface area (TPSA) is 87.2 Å². The molecule has 0 amide bonds. The van der Waals surface area contributed by atoms with Crippen molar-refractivity contribution in [2.45, 2.75) is 51.6 Å². The summed E-state index contributed by atoms with van der Waals surface area (Å²) in [5.41, 5.74) is 1.12. The summed E-state index contributed by atoms with van der Waals surface area (Å²) in [4.78, 5) is 13.4. The molecule has 9 heteroatoms. The molecule has 120 valence electrons. The molecule has 0 aromatic carbocycles. The van der Waals surface area contributed by atoms with Gasteiger partial charge in [-0.25, -0.2) is 19.6 Å². The van der Waals surface area contributed by atoms with E-state index in [1.165, 1.54) is 0 Å². The third kappa shape index (κ3) is 2.56. The lowest BCUT2D eigenvalue weighted by Gasteiger charge is -2.16. The molecule has 23 heavy (non-hydrogen) atoms. The molecule has 4 rings (SSSR count). The van der Waals surface area contributed by atoms with E-state index in [4.69, 9.17) is 11.6 Å². The monoisotopic (exact) mass is 332 g/mol. The van der Waals surface area contributed by atoms with Crippen molar-refractivity contribution >= 4 is 22.8 Å². The van der Waals surface area contributed by atoms with Crippen LogP contribution in [0.2, 0.25) is 5.15 Å². The first-order valence-electron chi connectivity index (χ1n) is 7.59. The van der Waals surface area contributed by atoms with Crippen LogP contribution in [0.5, 0.6) is 0 Å². The van der Waals surface area contributed by atoms with Gasteiger partial charge in [-0.15, -0.1) is 5.10 Å². The Morgan fingerprint density at radius 3 is 2.74 bits per heavy atom. The molecule has 3 heterocycles. The van der Waals surface area contributed by atoms with Crippen molar-refractivity contribution in [1.82, 2.24) is 39.7 Å². The highest BCUT2D eigenvalue weighted by Gasteiger charge is 2.28. The lowest BCUT2D eigenvalue weighted by atomic mass is 9.96. The van der Waals surface area contributed by atoms with Crippen LogP contribution in [0.3, 0.4) is 0 Å². The second-order valence-electron chi connectivity index (χ2n) is 6.90. The number of halogens is 1. The van der Waals surface area contributed by atoms with Crippen molar-refractivity contribution in [3.8, 4) is 0 Å². The van der Waals surface area contributed by atoms with Gasteiger partial charge in [0.2, 0.25) is 0 Å². The molecule has 8 nitrogen and oxygen atoms in total.